The van der Waals surface area contributed by atoms with E-state index in [0.717, 1.165) is 0 Å². The SMILES string of the molecule is O=c1[nH]c(=O)[nH]c(=S)[nH]1.S=c1nc[nH][nH]1. The number of aromatic nitrogens is 6. The van der Waals surface area contributed by atoms with Gasteiger partial charge in [-0.3, -0.25) is 25.1 Å². The van der Waals surface area contributed by atoms with Crippen LogP contribution in [0.25, 0.3) is 0 Å². The van der Waals surface area contributed by atoms with Gasteiger partial charge >= 0.3 is 11.4 Å². The zero-order valence-corrected chi connectivity index (χ0v) is 8.79. The van der Waals surface area contributed by atoms with Gasteiger partial charge in [-0.05, 0) is 24.4 Å². The van der Waals surface area contributed by atoms with Gasteiger partial charge in [0.15, 0.2) is 4.77 Å². The van der Waals surface area contributed by atoms with Crippen LogP contribution in [0.3, 0.4) is 0 Å². The van der Waals surface area contributed by atoms with Gasteiger partial charge < -0.3 is 0 Å². The van der Waals surface area contributed by atoms with Crippen LogP contribution in [0.5, 0.6) is 0 Å². The van der Waals surface area contributed by atoms with E-state index in [1.807, 2.05) is 4.98 Å². The molecule has 0 amide bonds. The zero-order valence-electron chi connectivity index (χ0n) is 7.16. The van der Waals surface area contributed by atoms with E-state index in [-0.39, 0.29) is 4.77 Å². The summed E-state index contributed by atoms with van der Waals surface area (Å²) in [6.45, 7) is 0. The van der Waals surface area contributed by atoms with E-state index in [0.29, 0.717) is 4.77 Å². The summed E-state index contributed by atoms with van der Waals surface area (Å²) in [5.74, 6) is 0. The maximum Gasteiger partial charge on any atom is 0.329 e. The summed E-state index contributed by atoms with van der Waals surface area (Å²) in [5.41, 5.74) is -1.19. The first kappa shape index (κ1) is 11.3. The van der Waals surface area contributed by atoms with E-state index in [1.54, 1.807) is 0 Å². The van der Waals surface area contributed by atoms with E-state index in [4.69, 9.17) is 0 Å². The summed E-state index contributed by atoms with van der Waals surface area (Å²) in [7, 11) is 0. The summed E-state index contributed by atoms with van der Waals surface area (Å²) in [5, 5.41) is 5.17. The Morgan fingerprint density at radius 3 is 1.93 bits per heavy atom. The smallest absolute Gasteiger partial charge is 0.288 e. The second kappa shape index (κ2) is 5.17. The largest absolute Gasteiger partial charge is 0.329 e. The fourth-order valence-corrected chi connectivity index (χ4v) is 0.917. The lowest BCUT2D eigenvalue weighted by atomic mass is 11.0. The van der Waals surface area contributed by atoms with Gasteiger partial charge in [-0.25, -0.2) is 14.6 Å². The Kier molecular flexibility index (Phi) is 3.88. The predicted octanol–water partition coefficient (Wildman–Crippen LogP) is -0.412. The fourth-order valence-electron chi connectivity index (χ4n) is 0.620. The minimum atomic E-state index is -0.594. The summed E-state index contributed by atoms with van der Waals surface area (Å²) < 4.78 is 0.527. The molecule has 0 saturated carbocycles. The molecule has 2 rings (SSSR count). The zero-order chi connectivity index (χ0) is 11.3. The highest BCUT2D eigenvalue weighted by atomic mass is 32.1. The van der Waals surface area contributed by atoms with Crippen LogP contribution < -0.4 is 11.4 Å². The Bertz CT molecular complexity index is 534. The van der Waals surface area contributed by atoms with Gasteiger partial charge in [0.25, 0.3) is 0 Å². The van der Waals surface area contributed by atoms with Crippen molar-refractivity contribution in [2.45, 2.75) is 0 Å². The molecule has 15 heavy (non-hydrogen) atoms. The average Bonchev–Trinajstić information content (AvgIpc) is 2.54. The first-order valence-electron chi connectivity index (χ1n) is 3.59. The number of H-pyrrole nitrogens is 5. The van der Waals surface area contributed by atoms with Gasteiger partial charge in [-0.2, -0.15) is 0 Å². The predicted molar refractivity (Wildman–Crippen MR) is 56.6 cm³/mol. The van der Waals surface area contributed by atoms with Crippen molar-refractivity contribution < 1.29 is 0 Å². The lowest BCUT2D eigenvalue weighted by Gasteiger charge is -1.79. The minimum absolute atomic E-state index is 0.0313. The third kappa shape index (κ3) is 4.28. The number of hydrogen-bond donors (Lipinski definition) is 5. The molecule has 0 aliphatic heterocycles. The van der Waals surface area contributed by atoms with Crippen molar-refractivity contribution in [1.82, 2.24) is 30.1 Å². The molecule has 0 saturated heterocycles. The Labute approximate surface area is 91.8 Å². The van der Waals surface area contributed by atoms with Crippen LogP contribution in [0.2, 0.25) is 0 Å². The molecule has 0 aliphatic rings. The molecule has 0 bridgehead atoms. The third-order valence-corrected chi connectivity index (χ3v) is 1.52. The van der Waals surface area contributed by atoms with E-state index in [9.17, 15) is 9.59 Å². The monoisotopic (exact) mass is 246 g/mol. The van der Waals surface area contributed by atoms with Crippen molar-refractivity contribution in [3.63, 3.8) is 0 Å². The molecule has 2 aromatic heterocycles. The van der Waals surface area contributed by atoms with Crippen molar-refractivity contribution in [3.05, 3.63) is 36.8 Å². The number of hydrogen-bond acceptors (Lipinski definition) is 5. The summed E-state index contributed by atoms with van der Waals surface area (Å²) in [4.78, 5) is 30.5. The van der Waals surface area contributed by atoms with Crippen LogP contribution in [0, 0.1) is 9.54 Å². The molecule has 2 heterocycles. The second-order valence-electron chi connectivity index (χ2n) is 2.20. The fraction of sp³-hybridized carbons (Fsp3) is 0. The lowest BCUT2D eigenvalue weighted by Crippen LogP contribution is -2.24. The molecule has 0 fully saturated rings. The Morgan fingerprint density at radius 2 is 1.67 bits per heavy atom. The molecule has 0 aromatic carbocycles. The molecular weight excluding hydrogens is 240 g/mol. The minimum Gasteiger partial charge on any atom is -0.288 e. The van der Waals surface area contributed by atoms with Gasteiger partial charge in [-0.15, -0.1) is 0 Å². The molecule has 2 aromatic rings. The molecule has 0 spiro atoms. The van der Waals surface area contributed by atoms with Crippen LogP contribution >= 0.6 is 24.4 Å². The number of rotatable bonds is 0. The van der Waals surface area contributed by atoms with Crippen LogP contribution in [0.15, 0.2) is 15.9 Å². The van der Waals surface area contributed by atoms with E-state index in [1.165, 1.54) is 6.33 Å². The van der Waals surface area contributed by atoms with Gasteiger partial charge in [-0.1, -0.05) is 0 Å². The topological polar surface area (TPSA) is 126 Å². The van der Waals surface area contributed by atoms with Gasteiger partial charge in [0.1, 0.15) is 6.33 Å². The van der Waals surface area contributed by atoms with Crippen molar-refractivity contribution in [2.75, 3.05) is 0 Å². The molecule has 8 nitrogen and oxygen atoms in total. The molecular formula is C5H6N6O2S2. The van der Waals surface area contributed by atoms with Crippen LogP contribution in [-0.4, -0.2) is 30.1 Å². The van der Waals surface area contributed by atoms with Crippen LogP contribution in [0.4, 0.5) is 0 Å². The Hall–Kier alpha value is -1.81. The highest BCUT2D eigenvalue weighted by Crippen LogP contribution is 1.66. The maximum atomic E-state index is 10.3. The summed E-state index contributed by atoms with van der Waals surface area (Å²) in [6, 6.07) is 0. The van der Waals surface area contributed by atoms with Crippen molar-refractivity contribution in [1.29, 1.82) is 0 Å². The highest BCUT2D eigenvalue weighted by Gasteiger charge is 1.82. The molecule has 0 atom stereocenters. The van der Waals surface area contributed by atoms with Gasteiger partial charge in [0.05, 0.1) is 0 Å². The van der Waals surface area contributed by atoms with E-state index < -0.39 is 11.4 Å². The number of aromatic amines is 5. The standard InChI is InChI=1S/C3H3N3O2S.C2H3N3S/c7-1-4-2(8)6-3(9)5-1;6-2-3-1-4-5-2/h(H3,4,5,6,7,8,9);1H,(H2,3,4,5,6). The maximum absolute atomic E-state index is 10.3. The molecule has 0 unspecified atom stereocenters. The van der Waals surface area contributed by atoms with Gasteiger partial charge in [0, 0.05) is 0 Å². The average molecular weight is 246 g/mol. The summed E-state index contributed by atoms with van der Waals surface area (Å²) in [6.07, 6.45) is 1.50. The Balaban J connectivity index is 0.000000162. The first-order chi connectivity index (χ1) is 7.08. The van der Waals surface area contributed by atoms with Crippen LogP contribution in [0.1, 0.15) is 0 Å². The third-order valence-electron chi connectivity index (χ3n) is 1.11. The molecule has 5 N–H and O–H groups in total. The number of nitrogens with zero attached hydrogens (tertiary/aromatic N) is 1. The van der Waals surface area contributed by atoms with Crippen molar-refractivity contribution in [2.24, 2.45) is 0 Å². The highest BCUT2D eigenvalue weighted by molar-refractivity contribution is 7.71. The van der Waals surface area contributed by atoms with Gasteiger partial charge in [0.2, 0.25) is 4.77 Å². The quantitative estimate of drug-likeness (QED) is 0.404. The molecule has 80 valence electrons. The lowest BCUT2D eigenvalue weighted by molar-refractivity contribution is 0.916. The number of nitrogens with one attached hydrogen (secondary N) is 5. The second-order valence-corrected chi connectivity index (χ2v) is 2.99. The normalized spacial score (nSPS) is 9.07. The van der Waals surface area contributed by atoms with E-state index >= 15 is 0 Å². The van der Waals surface area contributed by atoms with E-state index in [2.05, 4.69) is 49.6 Å². The Morgan fingerprint density at radius 1 is 1.07 bits per heavy atom. The van der Waals surface area contributed by atoms with Crippen LogP contribution in [-0.2, 0) is 0 Å². The molecule has 0 radical (unpaired) electrons. The first-order valence-corrected chi connectivity index (χ1v) is 4.40. The molecule has 0 aliphatic carbocycles. The molecule has 10 heteroatoms. The van der Waals surface area contributed by atoms with Crippen molar-refractivity contribution in [3.8, 4) is 0 Å². The summed E-state index contributed by atoms with van der Waals surface area (Å²) >= 11 is 9.00. The van der Waals surface area contributed by atoms with Crippen molar-refractivity contribution >= 4 is 24.4 Å².